The molecule has 1 amide bonds. The largest absolute Gasteiger partial charge is 0.465 e. The van der Waals surface area contributed by atoms with Crippen molar-refractivity contribution in [3.63, 3.8) is 0 Å². The van der Waals surface area contributed by atoms with E-state index in [0.717, 1.165) is 32.4 Å². The second-order valence-electron chi connectivity index (χ2n) is 8.59. The van der Waals surface area contributed by atoms with Crippen LogP contribution >= 0.6 is 11.8 Å². The van der Waals surface area contributed by atoms with Crippen molar-refractivity contribution in [1.82, 2.24) is 19.9 Å². The maximum absolute atomic E-state index is 13.1. The minimum Gasteiger partial charge on any atom is -0.465 e. The van der Waals surface area contributed by atoms with Gasteiger partial charge in [-0.1, -0.05) is 42.1 Å². The van der Waals surface area contributed by atoms with Gasteiger partial charge in [0.05, 0.1) is 23.3 Å². The van der Waals surface area contributed by atoms with E-state index in [1.165, 1.54) is 30.5 Å². The van der Waals surface area contributed by atoms with Crippen LogP contribution in [0.3, 0.4) is 0 Å². The third kappa shape index (κ3) is 5.30. The predicted molar refractivity (Wildman–Crippen MR) is 131 cm³/mol. The lowest BCUT2D eigenvalue weighted by atomic mass is 9.90. The molecule has 1 fully saturated rings. The second-order valence-corrected chi connectivity index (χ2v) is 9.92. The molecule has 4 rings (SSSR count). The quantitative estimate of drug-likeness (QED) is 0.328. The Morgan fingerprint density at radius 1 is 1.21 bits per heavy atom. The summed E-state index contributed by atoms with van der Waals surface area (Å²) in [5.74, 6) is -0.0213. The summed E-state index contributed by atoms with van der Waals surface area (Å²) in [6, 6.07) is 12.0. The summed E-state index contributed by atoms with van der Waals surface area (Å²) in [6.07, 6.45) is 2.99. The van der Waals surface area contributed by atoms with Crippen LogP contribution in [0, 0.1) is 12.8 Å². The highest BCUT2D eigenvalue weighted by atomic mass is 32.2. The van der Waals surface area contributed by atoms with Crippen LogP contribution in [0.1, 0.15) is 41.4 Å². The first kappa shape index (κ1) is 23.9. The standard InChI is InChI=1S/C25H28N4O4S/c1-15-13-19(24(32)33-3)20-21(26-15)27-25(28-22(20)30)34-16(2)23(31)29-11-9-18(10-12-29)14-17-7-5-4-6-8-17/h4-8,13,16,18H,9-12,14H2,1-3H3,(H,26,27,28,30). The first-order chi connectivity index (χ1) is 16.4. The van der Waals surface area contributed by atoms with E-state index >= 15 is 0 Å². The Morgan fingerprint density at radius 2 is 1.91 bits per heavy atom. The number of ether oxygens (including phenoxy) is 1. The van der Waals surface area contributed by atoms with Gasteiger partial charge < -0.3 is 14.6 Å². The van der Waals surface area contributed by atoms with Gasteiger partial charge in [0.25, 0.3) is 5.56 Å². The lowest BCUT2D eigenvalue weighted by Crippen LogP contribution is -2.42. The van der Waals surface area contributed by atoms with Crippen LogP contribution in [-0.2, 0) is 16.0 Å². The van der Waals surface area contributed by atoms with E-state index in [-0.39, 0.29) is 22.5 Å². The number of carbonyl (C=O) groups excluding carboxylic acids is 2. The smallest absolute Gasteiger partial charge is 0.338 e. The Kier molecular flexibility index (Phi) is 7.31. The van der Waals surface area contributed by atoms with Crippen molar-refractivity contribution in [2.24, 2.45) is 5.92 Å². The number of thioether (sulfide) groups is 1. The molecule has 1 unspecified atom stereocenters. The van der Waals surface area contributed by atoms with Gasteiger partial charge in [0.2, 0.25) is 5.91 Å². The van der Waals surface area contributed by atoms with Crippen molar-refractivity contribution in [3.05, 3.63) is 63.6 Å². The molecule has 1 saturated heterocycles. The summed E-state index contributed by atoms with van der Waals surface area (Å²) in [7, 11) is 1.26. The van der Waals surface area contributed by atoms with Crippen molar-refractivity contribution < 1.29 is 14.3 Å². The molecule has 178 valence electrons. The van der Waals surface area contributed by atoms with E-state index in [1.54, 1.807) is 6.92 Å². The first-order valence-corrected chi connectivity index (χ1v) is 12.2. The van der Waals surface area contributed by atoms with Gasteiger partial charge in [-0.25, -0.2) is 14.8 Å². The number of hydrogen-bond acceptors (Lipinski definition) is 7. The van der Waals surface area contributed by atoms with Crippen molar-refractivity contribution in [1.29, 1.82) is 0 Å². The Morgan fingerprint density at radius 3 is 2.59 bits per heavy atom. The fraction of sp³-hybridized carbons (Fsp3) is 0.400. The van der Waals surface area contributed by atoms with Gasteiger partial charge in [0.1, 0.15) is 0 Å². The van der Waals surface area contributed by atoms with Gasteiger partial charge in [-0.05, 0) is 50.7 Å². The molecule has 2 aromatic heterocycles. The normalized spacial score (nSPS) is 15.3. The zero-order valence-corrected chi connectivity index (χ0v) is 20.4. The lowest BCUT2D eigenvalue weighted by molar-refractivity contribution is -0.131. The van der Waals surface area contributed by atoms with Crippen LogP contribution in [0.4, 0.5) is 0 Å². The Hall–Kier alpha value is -3.20. The summed E-state index contributed by atoms with van der Waals surface area (Å²) in [6.45, 7) is 4.99. The zero-order chi connectivity index (χ0) is 24.2. The molecule has 0 spiro atoms. The summed E-state index contributed by atoms with van der Waals surface area (Å²) in [5, 5.41) is -0.0383. The van der Waals surface area contributed by atoms with Gasteiger partial charge in [-0.3, -0.25) is 9.59 Å². The fourth-order valence-electron chi connectivity index (χ4n) is 4.35. The molecule has 1 aromatic carbocycles. The number of nitrogens with zero attached hydrogens (tertiary/aromatic N) is 3. The van der Waals surface area contributed by atoms with E-state index in [1.807, 2.05) is 17.9 Å². The summed E-state index contributed by atoms with van der Waals surface area (Å²) >= 11 is 1.19. The molecule has 0 aliphatic carbocycles. The number of likely N-dealkylation sites (tertiary alicyclic amines) is 1. The summed E-state index contributed by atoms with van der Waals surface area (Å²) in [4.78, 5) is 51.2. The predicted octanol–water partition coefficient (Wildman–Crippen LogP) is 3.38. The van der Waals surface area contributed by atoms with Crippen molar-refractivity contribution >= 4 is 34.7 Å². The highest BCUT2D eigenvalue weighted by Crippen LogP contribution is 2.26. The van der Waals surface area contributed by atoms with Crippen molar-refractivity contribution in [2.75, 3.05) is 20.2 Å². The molecule has 34 heavy (non-hydrogen) atoms. The number of methoxy groups -OCH3 is 1. The molecule has 1 aliphatic heterocycles. The number of carbonyl (C=O) groups is 2. The maximum Gasteiger partial charge on any atom is 0.338 e. The molecule has 8 nitrogen and oxygen atoms in total. The minimum atomic E-state index is -0.623. The second kappa shape index (κ2) is 10.4. The average molecular weight is 481 g/mol. The summed E-state index contributed by atoms with van der Waals surface area (Å²) in [5.41, 5.74) is 1.68. The third-order valence-corrected chi connectivity index (χ3v) is 7.09. The van der Waals surface area contributed by atoms with E-state index in [0.29, 0.717) is 16.8 Å². The molecule has 9 heteroatoms. The molecule has 0 bridgehead atoms. The van der Waals surface area contributed by atoms with Crippen LogP contribution in [0.25, 0.3) is 11.0 Å². The molecular formula is C25H28N4O4S. The number of piperidine rings is 1. The number of H-pyrrole nitrogens is 1. The van der Waals surface area contributed by atoms with E-state index < -0.39 is 16.8 Å². The van der Waals surface area contributed by atoms with Gasteiger partial charge in [0, 0.05) is 18.8 Å². The average Bonchev–Trinajstić information content (AvgIpc) is 2.83. The zero-order valence-electron chi connectivity index (χ0n) is 19.5. The first-order valence-electron chi connectivity index (χ1n) is 11.3. The van der Waals surface area contributed by atoms with E-state index in [4.69, 9.17) is 4.74 Å². The molecule has 1 aliphatic rings. The third-order valence-electron chi connectivity index (χ3n) is 6.12. The minimum absolute atomic E-state index is 0.0263. The highest BCUT2D eigenvalue weighted by molar-refractivity contribution is 8.00. The maximum atomic E-state index is 13.1. The number of amides is 1. The number of esters is 1. The fourth-order valence-corrected chi connectivity index (χ4v) is 5.23. The number of hydrogen-bond donors (Lipinski definition) is 1. The topological polar surface area (TPSA) is 105 Å². The Bertz CT molecular complexity index is 1250. The molecule has 0 saturated carbocycles. The number of benzene rings is 1. The van der Waals surface area contributed by atoms with Gasteiger partial charge in [-0.15, -0.1) is 0 Å². The highest BCUT2D eigenvalue weighted by Gasteiger charge is 2.27. The summed E-state index contributed by atoms with van der Waals surface area (Å²) < 4.78 is 4.79. The van der Waals surface area contributed by atoms with Crippen molar-refractivity contribution in [2.45, 2.75) is 43.5 Å². The van der Waals surface area contributed by atoms with E-state index in [2.05, 4.69) is 39.2 Å². The van der Waals surface area contributed by atoms with Gasteiger partial charge in [-0.2, -0.15) is 0 Å². The van der Waals surface area contributed by atoms with Gasteiger partial charge >= 0.3 is 5.97 Å². The van der Waals surface area contributed by atoms with Gasteiger partial charge in [0.15, 0.2) is 10.8 Å². The van der Waals surface area contributed by atoms with Crippen LogP contribution in [-0.4, -0.2) is 57.2 Å². The molecule has 0 radical (unpaired) electrons. The van der Waals surface area contributed by atoms with Crippen LogP contribution in [0.5, 0.6) is 0 Å². The SMILES string of the molecule is COC(=O)c1cc(C)nc2nc(SC(C)C(=O)N3CCC(Cc4ccccc4)CC3)[nH]c(=O)c12. The number of aromatic amines is 1. The number of aromatic nitrogens is 3. The Labute approximate surface area is 202 Å². The van der Waals surface area contributed by atoms with Crippen LogP contribution in [0.15, 0.2) is 46.3 Å². The lowest BCUT2D eigenvalue weighted by Gasteiger charge is -2.33. The molecular weight excluding hydrogens is 452 g/mol. The van der Waals surface area contributed by atoms with Crippen molar-refractivity contribution in [3.8, 4) is 0 Å². The molecule has 3 aromatic rings. The molecule has 1 N–H and O–H groups in total. The van der Waals surface area contributed by atoms with E-state index in [9.17, 15) is 14.4 Å². The number of fused-ring (bicyclic) bond motifs is 1. The number of pyridine rings is 1. The monoisotopic (exact) mass is 480 g/mol. The molecule has 3 heterocycles. The Balaban J connectivity index is 1.43. The number of nitrogens with one attached hydrogen (secondary N) is 1. The number of rotatable bonds is 6. The van der Waals surface area contributed by atoms with Crippen LogP contribution in [0.2, 0.25) is 0 Å². The molecule has 1 atom stereocenters. The number of aryl methyl sites for hydroxylation is 1. The van der Waals surface area contributed by atoms with Crippen LogP contribution < -0.4 is 5.56 Å².